The lowest BCUT2D eigenvalue weighted by Gasteiger charge is -2.11. The predicted molar refractivity (Wildman–Crippen MR) is 108 cm³/mol. The molecule has 3 aromatic carbocycles. The average Bonchev–Trinajstić information content (AvgIpc) is 2.74. The van der Waals surface area contributed by atoms with Crippen molar-refractivity contribution in [2.45, 2.75) is 11.5 Å². The molecule has 0 saturated heterocycles. The molecule has 0 amide bonds. The van der Waals surface area contributed by atoms with Crippen LogP contribution in [-0.2, 0) is 16.6 Å². The zero-order valence-corrected chi connectivity index (χ0v) is 16.7. The fourth-order valence-electron chi connectivity index (χ4n) is 2.49. The third-order valence-electron chi connectivity index (χ3n) is 4.04. The van der Waals surface area contributed by atoms with Gasteiger partial charge in [-0.15, -0.1) is 0 Å². The molecule has 0 aliphatic rings. The molecule has 0 fully saturated rings. The van der Waals surface area contributed by atoms with Gasteiger partial charge in [0.15, 0.2) is 11.5 Å². The fourth-order valence-corrected chi connectivity index (χ4v) is 3.28. The number of methoxy groups -OCH3 is 1. The van der Waals surface area contributed by atoms with E-state index in [2.05, 4.69) is 9.93 Å². The summed E-state index contributed by atoms with van der Waals surface area (Å²) in [6, 6.07) is 15.5. The fraction of sp³-hybridized carbons (Fsp3) is 0.0952. The number of nitrogens with zero attached hydrogens (tertiary/aromatic N) is 1. The second-order valence-electron chi connectivity index (χ2n) is 6.10. The molecule has 1 N–H and O–H groups in total. The maximum atomic E-state index is 13.7. The molecule has 0 saturated carbocycles. The summed E-state index contributed by atoms with van der Waals surface area (Å²) in [6.07, 6.45) is 1.28. The van der Waals surface area contributed by atoms with Crippen LogP contribution in [0.4, 0.5) is 8.78 Å². The van der Waals surface area contributed by atoms with E-state index in [-0.39, 0.29) is 17.3 Å². The van der Waals surface area contributed by atoms with Crippen molar-refractivity contribution in [3.05, 3.63) is 89.5 Å². The molecule has 0 radical (unpaired) electrons. The number of benzene rings is 3. The zero-order valence-electron chi connectivity index (χ0n) is 15.9. The highest BCUT2D eigenvalue weighted by atomic mass is 32.2. The molecule has 0 aromatic heterocycles. The standard InChI is InChI=1S/C21H18F2N2O4S/c1-28-21-12-15(6-11-20(21)29-14-16-4-2-3-5-19(16)23)13-24-25-30(26,27)18-9-7-17(22)8-10-18/h2-13,25H,14H2,1H3/b24-13+. The van der Waals surface area contributed by atoms with Crippen molar-refractivity contribution in [2.75, 3.05) is 7.11 Å². The Kier molecular flexibility index (Phi) is 6.63. The topological polar surface area (TPSA) is 77.0 Å². The van der Waals surface area contributed by atoms with Gasteiger partial charge in [0.2, 0.25) is 0 Å². The average molecular weight is 432 g/mol. The van der Waals surface area contributed by atoms with Gasteiger partial charge in [-0.1, -0.05) is 18.2 Å². The van der Waals surface area contributed by atoms with Crippen LogP contribution in [0.3, 0.4) is 0 Å². The summed E-state index contributed by atoms with van der Waals surface area (Å²) in [6.45, 7) is 0.0218. The van der Waals surface area contributed by atoms with Gasteiger partial charge >= 0.3 is 0 Å². The summed E-state index contributed by atoms with van der Waals surface area (Å²) >= 11 is 0. The molecular formula is C21H18F2N2O4S. The Balaban J connectivity index is 1.68. The second kappa shape index (κ2) is 9.36. The minimum atomic E-state index is -3.92. The third-order valence-corrected chi connectivity index (χ3v) is 5.28. The summed E-state index contributed by atoms with van der Waals surface area (Å²) in [5.74, 6) is -0.142. The highest BCUT2D eigenvalue weighted by Gasteiger charge is 2.12. The summed E-state index contributed by atoms with van der Waals surface area (Å²) in [7, 11) is -2.47. The quantitative estimate of drug-likeness (QED) is 0.433. The number of hydrazone groups is 1. The largest absolute Gasteiger partial charge is 0.493 e. The van der Waals surface area contributed by atoms with Crippen LogP contribution in [0, 0.1) is 11.6 Å². The summed E-state index contributed by atoms with van der Waals surface area (Å²) in [4.78, 5) is 1.94. The highest BCUT2D eigenvalue weighted by Crippen LogP contribution is 2.28. The van der Waals surface area contributed by atoms with Gasteiger partial charge in [0.05, 0.1) is 18.2 Å². The van der Waals surface area contributed by atoms with Gasteiger partial charge < -0.3 is 9.47 Å². The van der Waals surface area contributed by atoms with E-state index in [0.29, 0.717) is 22.6 Å². The molecule has 30 heavy (non-hydrogen) atoms. The molecular weight excluding hydrogens is 414 g/mol. The van der Waals surface area contributed by atoms with Gasteiger partial charge in [-0.2, -0.15) is 13.5 Å². The van der Waals surface area contributed by atoms with E-state index in [4.69, 9.17) is 9.47 Å². The van der Waals surface area contributed by atoms with Gasteiger partial charge in [-0.25, -0.2) is 13.6 Å². The summed E-state index contributed by atoms with van der Waals surface area (Å²) in [5.41, 5.74) is 0.937. The van der Waals surface area contributed by atoms with Gasteiger partial charge in [0.1, 0.15) is 18.2 Å². The molecule has 9 heteroatoms. The molecule has 3 aromatic rings. The van der Waals surface area contributed by atoms with E-state index in [0.717, 1.165) is 24.3 Å². The van der Waals surface area contributed by atoms with Gasteiger partial charge in [0.25, 0.3) is 10.0 Å². The molecule has 0 spiro atoms. The van der Waals surface area contributed by atoms with Gasteiger partial charge in [-0.05, 0) is 54.1 Å². The number of hydrogen-bond acceptors (Lipinski definition) is 5. The Morgan fingerprint density at radius 1 is 1.00 bits per heavy atom. The zero-order chi connectivity index (χ0) is 21.6. The van der Waals surface area contributed by atoms with E-state index in [1.807, 2.05) is 0 Å². The van der Waals surface area contributed by atoms with Crippen LogP contribution in [0.25, 0.3) is 0 Å². The molecule has 6 nitrogen and oxygen atoms in total. The van der Waals surface area contributed by atoms with Crippen molar-refractivity contribution in [1.29, 1.82) is 0 Å². The van der Waals surface area contributed by atoms with E-state index in [1.54, 1.807) is 36.4 Å². The normalized spacial score (nSPS) is 11.4. The number of nitrogens with one attached hydrogen (secondary N) is 1. The minimum Gasteiger partial charge on any atom is -0.493 e. The Bertz CT molecular complexity index is 1150. The predicted octanol–water partition coefficient (Wildman–Crippen LogP) is 3.86. The van der Waals surface area contributed by atoms with Crippen LogP contribution < -0.4 is 14.3 Å². The Labute approximate surface area is 172 Å². The Morgan fingerprint density at radius 3 is 2.43 bits per heavy atom. The van der Waals surface area contributed by atoms with E-state index in [9.17, 15) is 17.2 Å². The first kappa shape index (κ1) is 21.3. The van der Waals surface area contributed by atoms with Crippen LogP contribution >= 0.6 is 0 Å². The molecule has 156 valence electrons. The van der Waals surface area contributed by atoms with Crippen molar-refractivity contribution in [1.82, 2.24) is 4.83 Å². The molecule has 0 aliphatic carbocycles. The number of halogens is 2. The monoisotopic (exact) mass is 432 g/mol. The Morgan fingerprint density at radius 2 is 1.73 bits per heavy atom. The molecule has 0 unspecified atom stereocenters. The van der Waals surface area contributed by atoms with Gasteiger partial charge in [0, 0.05) is 5.56 Å². The SMILES string of the molecule is COc1cc(/C=N/NS(=O)(=O)c2ccc(F)cc2)ccc1OCc1ccccc1F. The lowest BCUT2D eigenvalue weighted by Crippen LogP contribution is -2.18. The minimum absolute atomic E-state index is 0.0218. The number of rotatable bonds is 8. The van der Waals surface area contributed by atoms with Crippen molar-refractivity contribution in [3.63, 3.8) is 0 Å². The first-order chi connectivity index (χ1) is 14.4. The van der Waals surface area contributed by atoms with Crippen LogP contribution in [0.15, 0.2) is 76.7 Å². The van der Waals surface area contributed by atoms with Crippen LogP contribution in [0.5, 0.6) is 11.5 Å². The molecule has 0 atom stereocenters. The number of ether oxygens (including phenoxy) is 2. The van der Waals surface area contributed by atoms with Crippen LogP contribution in [0.2, 0.25) is 0 Å². The van der Waals surface area contributed by atoms with E-state index in [1.165, 1.54) is 19.4 Å². The lowest BCUT2D eigenvalue weighted by molar-refractivity contribution is 0.279. The van der Waals surface area contributed by atoms with Crippen LogP contribution in [0.1, 0.15) is 11.1 Å². The molecule has 0 bridgehead atoms. The van der Waals surface area contributed by atoms with Gasteiger partial charge in [-0.3, -0.25) is 0 Å². The van der Waals surface area contributed by atoms with Crippen molar-refractivity contribution in [3.8, 4) is 11.5 Å². The number of hydrogen-bond donors (Lipinski definition) is 1. The highest BCUT2D eigenvalue weighted by molar-refractivity contribution is 7.89. The van der Waals surface area contributed by atoms with E-state index >= 15 is 0 Å². The maximum absolute atomic E-state index is 13.7. The lowest BCUT2D eigenvalue weighted by atomic mass is 10.2. The third kappa shape index (κ3) is 5.32. The second-order valence-corrected chi connectivity index (χ2v) is 7.76. The van der Waals surface area contributed by atoms with Crippen LogP contribution in [-0.4, -0.2) is 21.7 Å². The Hall–Kier alpha value is -3.46. The van der Waals surface area contributed by atoms with Crippen molar-refractivity contribution >= 4 is 16.2 Å². The molecule has 0 aliphatic heterocycles. The van der Waals surface area contributed by atoms with Crippen molar-refractivity contribution in [2.24, 2.45) is 5.10 Å². The van der Waals surface area contributed by atoms with Crippen molar-refractivity contribution < 1.29 is 26.7 Å². The number of sulfonamides is 1. The summed E-state index contributed by atoms with van der Waals surface area (Å²) in [5, 5.41) is 3.72. The smallest absolute Gasteiger partial charge is 0.276 e. The molecule has 3 rings (SSSR count). The summed E-state index contributed by atoms with van der Waals surface area (Å²) < 4.78 is 61.8. The first-order valence-corrected chi connectivity index (χ1v) is 10.2. The molecule has 0 heterocycles. The first-order valence-electron chi connectivity index (χ1n) is 8.74. The maximum Gasteiger partial charge on any atom is 0.276 e. The van der Waals surface area contributed by atoms with E-state index < -0.39 is 15.8 Å².